The molecule has 2 fully saturated rings. The molecule has 0 aromatic heterocycles. The number of carbonyl (C=O) groups is 1. The Balaban J connectivity index is 1.99. The lowest BCUT2D eigenvalue weighted by Crippen LogP contribution is -2.34. The van der Waals surface area contributed by atoms with Crippen LogP contribution in [-0.2, 0) is 0 Å². The molecule has 3 N–H and O–H groups in total. The van der Waals surface area contributed by atoms with E-state index >= 15 is 0 Å². The highest BCUT2D eigenvalue weighted by Gasteiger charge is 2.37. The first-order valence-electron chi connectivity index (χ1n) is 3.72. The molecular formula is C6H11N3O2. The van der Waals surface area contributed by atoms with Crippen LogP contribution in [0.2, 0.25) is 0 Å². The van der Waals surface area contributed by atoms with E-state index in [-0.39, 0.29) is 0 Å². The van der Waals surface area contributed by atoms with Gasteiger partial charge in [-0.2, -0.15) is 0 Å². The number of amides is 1. The van der Waals surface area contributed by atoms with Crippen LogP contribution < -0.4 is 10.6 Å². The molecule has 5 nitrogen and oxygen atoms in total. The number of fused-ring (bicyclic) bond motifs is 1. The number of hydrogen-bond donors (Lipinski definition) is 3. The lowest BCUT2D eigenvalue weighted by molar-refractivity contribution is 0.153. The second-order valence-electron chi connectivity index (χ2n) is 2.99. The van der Waals surface area contributed by atoms with Gasteiger partial charge in [-0.3, -0.25) is 10.6 Å². The highest BCUT2D eigenvalue weighted by atomic mass is 16.4. The first-order chi connectivity index (χ1) is 5.27. The van der Waals surface area contributed by atoms with E-state index < -0.39 is 6.09 Å². The van der Waals surface area contributed by atoms with Gasteiger partial charge in [-0.15, -0.1) is 0 Å². The average Bonchev–Trinajstić information content (AvgIpc) is 2.40. The van der Waals surface area contributed by atoms with E-state index in [1.54, 1.807) is 0 Å². The van der Waals surface area contributed by atoms with Crippen molar-refractivity contribution < 1.29 is 9.90 Å². The number of carboxylic acid groups (broad SMARTS) is 1. The molecule has 2 atom stereocenters. The second kappa shape index (κ2) is 2.35. The lowest BCUT2D eigenvalue weighted by Gasteiger charge is -2.11. The van der Waals surface area contributed by atoms with Gasteiger partial charge in [0, 0.05) is 31.8 Å². The van der Waals surface area contributed by atoms with Crippen molar-refractivity contribution in [3.05, 3.63) is 0 Å². The molecule has 11 heavy (non-hydrogen) atoms. The summed E-state index contributed by atoms with van der Waals surface area (Å²) < 4.78 is 0. The summed E-state index contributed by atoms with van der Waals surface area (Å²) >= 11 is 0. The molecule has 0 aromatic carbocycles. The third kappa shape index (κ3) is 1.06. The summed E-state index contributed by atoms with van der Waals surface area (Å²) in [6.45, 7) is 2.04. The van der Waals surface area contributed by atoms with Gasteiger partial charge in [-0.1, -0.05) is 0 Å². The van der Waals surface area contributed by atoms with Gasteiger partial charge < -0.3 is 10.0 Å². The van der Waals surface area contributed by atoms with E-state index in [9.17, 15) is 4.79 Å². The molecule has 2 aliphatic heterocycles. The van der Waals surface area contributed by atoms with Gasteiger partial charge >= 0.3 is 6.09 Å². The van der Waals surface area contributed by atoms with Crippen LogP contribution in [0.15, 0.2) is 0 Å². The molecule has 0 aliphatic carbocycles. The minimum absolute atomic E-state index is 0.325. The largest absolute Gasteiger partial charge is 0.465 e. The Hall–Kier alpha value is -0.810. The topological polar surface area (TPSA) is 64.6 Å². The van der Waals surface area contributed by atoms with Crippen LogP contribution in [0.25, 0.3) is 0 Å². The van der Waals surface area contributed by atoms with Gasteiger partial charge in [0.05, 0.1) is 0 Å². The van der Waals surface area contributed by atoms with E-state index in [1.807, 2.05) is 0 Å². The highest BCUT2D eigenvalue weighted by molar-refractivity contribution is 5.65. The molecule has 62 valence electrons. The Morgan fingerprint density at radius 1 is 1.36 bits per heavy atom. The zero-order valence-electron chi connectivity index (χ0n) is 6.08. The molecule has 1 amide bonds. The smallest absolute Gasteiger partial charge is 0.407 e. The van der Waals surface area contributed by atoms with Crippen molar-refractivity contribution in [2.45, 2.75) is 12.1 Å². The quantitative estimate of drug-likeness (QED) is 0.416. The maximum Gasteiger partial charge on any atom is 0.407 e. The van der Waals surface area contributed by atoms with Crippen molar-refractivity contribution in [1.82, 2.24) is 15.5 Å². The summed E-state index contributed by atoms with van der Waals surface area (Å²) in [4.78, 5) is 11.9. The maximum atomic E-state index is 10.5. The molecule has 2 unspecified atom stereocenters. The fraction of sp³-hybridized carbons (Fsp3) is 0.833. The fourth-order valence-corrected chi connectivity index (χ4v) is 1.69. The molecule has 2 rings (SSSR count). The van der Waals surface area contributed by atoms with Crippen LogP contribution in [0.1, 0.15) is 0 Å². The molecular weight excluding hydrogens is 146 g/mol. The number of nitrogens with one attached hydrogen (secondary N) is 2. The number of nitrogens with zero attached hydrogens (tertiary/aromatic N) is 1. The van der Waals surface area contributed by atoms with Crippen molar-refractivity contribution in [3.63, 3.8) is 0 Å². The molecule has 0 saturated carbocycles. The van der Waals surface area contributed by atoms with Crippen LogP contribution >= 0.6 is 0 Å². The summed E-state index contributed by atoms with van der Waals surface area (Å²) in [7, 11) is 0. The minimum atomic E-state index is -0.817. The van der Waals surface area contributed by atoms with Gasteiger partial charge in [0.1, 0.15) is 0 Å². The van der Waals surface area contributed by atoms with Gasteiger partial charge in [-0.25, -0.2) is 4.79 Å². The van der Waals surface area contributed by atoms with Crippen LogP contribution in [0, 0.1) is 0 Å². The number of hydrogen-bond acceptors (Lipinski definition) is 3. The van der Waals surface area contributed by atoms with Crippen molar-refractivity contribution in [2.75, 3.05) is 19.8 Å². The average molecular weight is 157 g/mol. The third-order valence-electron chi connectivity index (χ3n) is 2.32. The van der Waals surface area contributed by atoms with Gasteiger partial charge in [-0.05, 0) is 0 Å². The van der Waals surface area contributed by atoms with Crippen LogP contribution in [0.5, 0.6) is 0 Å². The Labute approximate surface area is 64.4 Å². The molecule has 0 aromatic rings. The predicted octanol–water partition coefficient (Wildman–Crippen LogP) is -1.13. The van der Waals surface area contributed by atoms with E-state index in [1.165, 1.54) is 4.90 Å². The SMILES string of the molecule is O=C(O)N1CC2NCNC2C1. The van der Waals surface area contributed by atoms with Crippen LogP contribution in [0.3, 0.4) is 0 Å². The van der Waals surface area contributed by atoms with E-state index in [0.717, 1.165) is 6.67 Å². The standard InChI is InChI=1S/C6H11N3O2/c10-6(11)9-1-4-5(2-9)8-3-7-4/h4-5,7-8H,1-3H2,(H,10,11). The zero-order chi connectivity index (χ0) is 7.84. The van der Waals surface area contributed by atoms with E-state index in [0.29, 0.717) is 25.2 Å². The lowest BCUT2D eigenvalue weighted by atomic mass is 10.2. The monoisotopic (exact) mass is 157 g/mol. The zero-order valence-corrected chi connectivity index (χ0v) is 6.08. The fourth-order valence-electron chi connectivity index (χ4n) is 1.69. The molecule has 0 spiro atoms. The van der Waals surface area contributed by atoms with Gasteiger partial charge in [0.2, 0.25) is 0 Å². The van der Waals surface area contributed by atoms with Gasteiger partial charge in [0.25, 0.3) is 0 Å². The first-order valence-corrected chi connectivity index (χ1v) is 3.72. The van der Waals surface area contributed by atoms with Crippen molar-refractivity contribution in [3.8, 4) is 0 Å². The highest BCUT2D eigenvalue weighted by Crippen LogP contribution is 2.12. The first kappa shape index (κ1) is 6.87. The van der Waals surface area contributed by atoms with Gasteiger partial charge in [0.15, 0.2) is 0 Å². The molecule has 0 bridgehead atoms. The molecule has 2 aliphatic rings. The number of rotatable bonds is 0. The molecule has 2 heterocycles. The molecule has 2 saturated heterocycles. The Morgan fingerprint density at radius 3 is 2.36 bits per heavy atom. The van der Waals surface area contributed by atoms with Crippen molar-refractivity contribution >= 4 is 6.09 Å². The Morgan fingerprint density at radius 2 is 1.91 bits per heavy atom. The normalized spacial score (nSPS) is 35.8. The summed E-state index contributed by atoms with van der Waals surface area (Å²) in [5.74, 6) is 0. The third-order valence-corrected chi connectivity index (χ3v) is 2.32. The summed E-state index contributed by atoms with van der Waals surface area (Å²) in [6, 6.07) is 0.650. The van der Waals surface area contributed by atoms with Crippen LogP contribution in [0.4, 0.5) is 4.79 Å². The molecule has 0 radical (unpaired) electrons. The molecule has 5 heteroatoms. The van der Waals surface area contributed by atoms with Crippen molar-refractivity contribution in [2.24, 2.45) is 0 Å². The van der Waals surface area contributed by atoms with Crippen molar-refractivity contribution in [1.29, 1.82) is 0 Å². The minimum Gasteiger partial charge on any atom is -0.465 e. The Kier molecular flexibility index (Phi) is 1.47. The second-order valence-corrected chi connectivity index (χ2v) is 2.99. The summed E-state index contributed by atoms with van der Waals surface area (Å²) in [5.41, 5.74) is 0. The van der Waals surface area contributed by atoms with E-state index in [2.05, 4.69) is 10.6 Å². The van der Waals surface area contributed by atoms with Crippen LogP contribution in [-0.4, -0.2) is 47.9 Å². The predicted molar refractivity (Wildman–Crippen MR) is 38.3 cm³/mol. The maximum absolute atomic E-state index is 10.5. The summed E-state index contributed by atoms with van der Waals surface area (Å²) in [6.07, 6.45) is -0.817. The Bertz CT molecular complexity index is 173. The van der Waals surface area contributed by atoms with E-state index in [4.69, 9.17) is 5.11 Å². The number of likely N-dealkylation sites (tertiary alicyclic amines) is 1. The summed E-state index contributed by atoms with van der Waals surface area (Å²) in [5, 5.41) is 15.0.